The summed E-state index contributed by atoms with van der Waals surface area (Å²) in [6, 6.07) is 15.6. The fourth-order valence-corrected chi connectivity index (χ4v) is 3.90. The molecule has 7 nitrogen and oxygen atoms in total. The zero-order valence-electron chi connectivity index (χ0n) is 18.4. The van der Waals surface area contributed by atoms with Crippen molar-refractivity contribution in [1.82, 2.24) is 10.2 Å². The SMILES string of the molecule is C=C(c1ccc(C)c(NC(=O)NCCC(N)=O)c1)N1CCC(c2ccc(C#N)cc2)CC1. The molecule has 2 aromatic rings. The third-order valence-corrected chi connectivity index (χ3v) is 5.86. The Morgan fingerprint density at radius 2 is 1.88 bits per heavy atom. The molecular formula is C25H29N5O2. The quantitative estimate of drug-likeness (QED) is 0.620. The van der Waals surface area contributed by atoms with E-state index in [0.29, 0.717) is 17.2 Å². The van der Waals surface area contributed by atoms with Crippen LogP contribution < -0.4 is 16.4 Å². The Hall–Kier alpha value is -3.79. The van der Waals surface area contributed by atoms with E-state index in [9.17, 15) is 9.59 Å². The summed E-state index contributed by atoms with van der Waals surface area (Å²) in [5.41, 5.74) is 10.6. The molecule has 166 valence electrons. The maximum absolute atomic E-state index is 12.1. The first-order valence-corrected chi connectivity index (χ1v) is 10.8. The number of carbonyl (C=O) groups excluding carboxylic acids is 2. The molecule has 1 saturated heterocycles. The van der Waals surface area contributed by atoms with Crippen molar-refractivity contribution in [3.63, 3.8) is 0 Å². The van der Waals surface area contributed by atoms with Crippen molar-refractivity contribution in [2.24, 2.45) is 5.73 Å². The van der Waals surface area contributed by atoms with Crippen LogP contribution in [0.25, 0.3) is 5.70 Å². The number of amides is 3. The summed E-state index contributed by atoms with van der Waals surface area (Å²) in [6.45, 7) is 8.21. The number of anilines is 1. The van der Waals surface area contributed by atoms with Crippen molar-refractivity contribution in [1.29, 1.82) is 5.26 Å². The van der Waals surface area contributed by atoms with Gasteiger partial charge in [0.1, 0.15) is 0 Å². The summed E-state index contributed by atoms with van der Waals surface area (Å²) < 4.78 is 0. The summed E-state index contributed by atoms with van der Waals surface area (Å²) in [4.78, 5) is 25.2. The number of nitriles is 1. The molecule has 1 heterocycles. The molecule has 0 bridgehead atoms. The number of hydrogen-bond acceptors (Lipinski definition) is 4. The van der Waals surface area contributed by atoms with Crippen LogP contribution in [-0.4, -0.2) is 36.5 Å². The van der Waals surface area contributed by atoms with Crippen molar-refractivity contribution >= 4 is 23.3 Å². The normalized spacial score (nSPS) is 13.8. The van der Waals surface area contributed by atoms with Gasteiger partial charge in [-0.05, 0) is 60.6 Å². The summed E-state index contributed by atoms with van der Waals surface area (Å²) in [6.07, 6.45) is 2.13. The van der Waals surface area contributed by atoms with Crippen LogP contribution >= 0.6 is 0 Å². The second kappa shape index (κ2) is 10.5. The minimum absolute atomic E-state index is 0.0989. The highest BCUT2D eigenvalue weighted by molar-refractivity contribution is 5.91. The number of nitrogens with one attached hydrogen (secondary N) is 2. The fraction of sp³-hybridized carbons (Fsp3) is 0.320. The molecule has 3 rings (SSSR count). The highest BCUT2D eigenvalue weighted by Crippen LogP contribution is 2.32. The third-order valence-electron chi connectivity index (χ3n) is 5.86. The smallest absolute Gasteiger partial charge is 0.319 e. The van der Waals surface area contributed by atoms with Crippen LogP contribution in [0.1, 0.15) is 47.4 Å². The summed E-state index contributed by atoms with van der Waals surface area (Å²) in [5.74, 6) is 0.0221. The van der Waals surface area contributed by atoms with Gasteiger partial charge in [0.05, 0.1) is 11.6 Å². The van der Waals surface area contributed by atoms with Crippen LogP contribution in [0.5, 0.6) is 0 Å². The Bertz CT molecular complexity index is 1030. The van der Waals surface area contributed by atoms with E-state index < -0.39 is 5.91 Å². The molecule has 32 heavy (non-hydrogen) atoms. The van der Waals surface area contributed by atoms with Gasteiger partial charge in [0, 0.05) is 37.4 Å². The lowest BCUT2D eigenvalue weighted by atomic mass is 9.88. The van der Waals surface area contributed by atoms with Crippen molar-refractivity contribution in [3.8, 4) is 6.07 Å². The minimum atomic E-state index is -0.456. The van der Waals surface area contributed by atoms with Crippen molar-refractivity contribution < 1.29 is 9.59 Å². The molecule has 0 aromatic heterocycles. The predicted octanol–water partition coefficient (Wildman–Crippen LogP) is 3.71. The Morgan fingerprint density at radius 3 is 2.50 bits per heavy atom. The number of benzene rings is 2. The lowest BCUT2D eigenvalue weighted by molar-refractivity contribution is -0.117. The summed E-state index contributed by atoms with van der Waals surface area (Å²) in [5, 5.41) is 14.4. The van der Waals surface area contributed by atoms with Gasteiger partial charge in [0.15, 0.2) is 0 Å². The molecule has 0 unspecified atom stereocenters. The Kier molecular flexibility index (Phi) is 7.50. The molecule has 1 fully saturated rings. The number of piperidine rings is 1. The van der Waals surface area contributed by atoms with E-state index in [-0.39, 0.29) is 19.0 Å². The average molecular weight is 432 g/mol. The van der Waals surface area contributed by atoms with E-state index in [1.54, 1.807) is 0 Å². The Morgan fingerprint density at radius 1 is 1.19 bits per heavy atom. The first-order valence-electron chi connectivity index (χ1n) is 10.8. The number of nitrogens with two attached hydrogens (primary N) is 1. The number of nitrogens with zero attached hydrogens (tertiary/aromatic N) is 2. The van der Waals surface area contributed by atoms with E-state index in [1.807, 2.05) is 37.3 Å². The Balaban J connectivity index is 1.59. The molecule has 4 N–H and O–H groups in total. The number of hydrogen-bond donors (Lipinski definition) is 3. The number of urea groups is 1. The standard InChI is InChI=1S/C25H29N5O2/c1-17-3-6-22(15-23(17)29-25(32)28-12-9-24(27)31)18(2)30-13-10-21(11-14-30)20-7-4-19(16-26)5-8-20/h3-8,15,21H,2,9-14H2,1H3,(H2,27,31)(H2,28,29,32). The molecule has 3 amide bonds. The van der Waals surface area contributed by atoms with Gasteiger partial charge in [-0.15, -0.1) is 0 Å². The molecule has 0 aliphatic carbocycles. The van der Waals surface area contributed by atoms with Crippen LogP contribution in [0.3, 0.4) is 0 Å². The molecule has 7 heteroatoms. The monoisotopic (exact) mass is 431 g/mol. The number of primary amides is 1. The minimum Gasteiger partial charge on any atom is -0.371 e. The van der Waals surface area contributed by atoms with Crippen LogP contribution in [0.15, 0.2) is 49.0 Å². The zero-order valence-corrected chi connectivity index (χ0v) is 18.4. The van der Waals surface area contributed by atoms with E-state index in [2.05, 4.69) is 40.3 Å². The van der Waals surface area contributed by atoms with Gasteiger partial charge in [-0.1, -0.05) is 30.8 Å². The van der Waals surface area contributed by atoms with Crippen molar-refractivity contribution in [3.05, 3.63) is 71.3 Å². The van der Waals surface area contributed by atoms with Gasteiger partial charge in [0.25, 0.3) is 0 Å². The van der Waals surface area contributed by atoms with E-state index in [1.165, 1.54) is 5.56 Å². The van der Waals surface area contributed by atoms with Gasteiger partial charge in [-0.25, -0.2) is 4.79 Å². The molecule has 0 atom stereocenters. The maximum atomic E-state index is 12.1. The maximum Gasteiger partial charge on any atom is 0.319 e. The van der Waals surface area contributed by atoms with Gasteiger partial charge < -0.3 is 21.3 Å². The number of likely N-dealkylation sites (tertiary alicyclic amines) is 1. The second-order valence-electron chi connectivity index (χ2n) is 8.07. The largest absolute Gasteiger partial charge is 0.371 e. The highest BCUT2D eigenvalue weighted by atomic mass is 16.2. The van der Waals surface area contributed by atoms with Gasteiger partial charge in [-0.3, -0.25) is 4.79 Å². The van der Waals surface area contributed by atoms with Gasteiger partial charge in [0.2, 0.25) is 5.91 Å². The Labute approximate surface area is 188 Å². The van der Waals surface area contributed by atoms with Gasteiger partial charge >= 0.3 is 6.03 Å². The number of rotatable bonds is 7. The van der Waals surface area contributed by atoms with Crippen LogP contribution in [0, 0.1) is 18.3 Å². The molecule has 1 aliphatic rings. The van der Waals surface area contributed by atoms with Crippen LogP contribution in [0.2, 0.25) is 0 Å². The highest BCUT2D eigenvalue weighted by Gasteiger charge is 2.22. The van der Waals surface area contributed by atoms with E-state index >= 15 is 0 Å². The molecule has 0 spiro atoms. The average Bonchev–Trinajstić information content (AvgIpc) is 2.80. The van der Waals surface area contributed by atoms with Gasteiger partial charge in [-0.2, -0.15) is 5.26 Å². The summed E-state index contributed by atoms with van der Waals surface area (Å²) >= 11 is 0. The van der Waals surface area contributed by atoms with Crippen molar-refractivity contribution in [2.45, 2.75) is 32.1 Å². The predicted molar refractivity (Wildman–Crippen MR) is 126 cm³/mol. The van der Waals surface area contributed by atoms with Crippen LogP contribution in [-0.2, 0) is 4.79 Å². The molecular weight excluding hydrogens is 402 g/mol. The number of carbonyl (C=O) groups is 2. The van der Waals surface area contributed by atoms with E-state index in [4.69, 9.17) is 11.0 Å². The molecule has 0 saturated carbocycles. The molecule has 1 aliphatic heterocycles. The first kappa shape index (κ1) is 22.9. The molecule has 0 radical (unpaired) electrons. The molecule has 2 aromatic carbocycles. The zero-order chi connectivity index (χ0) is 23.1. The topological polar surface area (TPSA) is 111 Å². The first-order chi connectivity index (χ1) is 15.4. The van der Waals surface area contributed by atoms with Crippen LogP contribution in [0.4, 0.5) is 10.5 Å². The number of aryl methyl sites for hydroxylation is 1. The lowest BCUT2D eigenvalue weighted by Crippen LogP contribution is -2.32. The third kappa shape index (κ3) is 5.88. The summed E-state index contributed by atoms with van der Waals surface area (Å²) in [7, 11) is 0. The fourth-order valence-electron chi connectivity index (χ4n) is 3.90. The van der Waals surface area contributed by atoms with E-state index in [0.717, 1.165) is 42.8 Å². The van der Waals surface area contributed by atoms with Crippen molar-refractivity contribution in [2.75, 3.05) is 25.0 Å². The lowest BCUT2D eigenvalue weighted by Gasteiger charge is -2.35. The second-order valence-corrected chi connectivity index (χ2v) is 8.07.